The first-order chi connectivity index (χ1) is 12.2. The number of carbonyl (C=O) groups excluding carboxylic acids is 2. The molecule has 0 radical (unpaired) electrons. The van der Waals surface area contributed by atoms with E-state index in [1.54, 1.807) is 0 Å². The molecule has 0 bridgehead atoms. The van der Waals surface area contributed by atoms with Gasteiger partial charge in [-0.25, -0.2) is 0 Å². The van der Waals surface area contributed by atoms with Crippen molar-refractivity contribution in [3.63, 3.8) is 0 Å². The van der Waals surface area contributed by atoms with Crippen molar-refractivity contribution in [1.29, 1.82) is 0 Å². The Hall–Kier alpha value is -2.08. The minimum Gasteiger partial charge on any atom is -0.492 e. The number of piperidine rings is 1. The Morgan fingerprint density at radius 2 is 2.12 bits per heavy atom. The first-order valence-corrected chi connectivity index (χ1v) is 9.17. The lowest BCUT2D eigenvalue weighted by Crippen LogP contribution is -2.52. The van der Waals surface area contributed by atoms with Gasteiger partial charge >= 0.3 is 0 Å². The van der Waals surface area contributed by atoms with Crippen LogP contribution < -0.4 is 15.8 Å². The van der Waals surface area contributed by atoms with Gasteiger partial charge in [-0.05, 0) is 37.3 Å². The van der Waals surface area contributed by atoms with E-state index in [2.05, 4.69) is 5.32 Å². The van der Waals surface area contributed by atoms with E-state index in [1.165, 1.54) is 0 Å². The molecule has 0 aromatic heterocycles. The second kappa shape index (κ2) is 8.34. The second-order valence-electron chi connectivity index (χ2n) is 6.84. The number of fused-ring (bicyclic) bond motifs is 1. The molecule has 1 fully saturated rings. The number of amides is 2. The van der Waals surface area contributed by atoms with E-state index < -0.39 is 0 Å². The van der Waals surface area contributed by atoms with Gasteiger partial charge in [-0.15, -0.1) is 0 Å². The highest BCUT2D eigenvalue weighted by Gasteiger charge is 2.34. The predicted molar refractivity (Wildman–Crippen MR) is 95.2 cm³/mol. The molecule has 136 valence electrons. The number of ether oxygens (including phenoxy) is 1. The summed E-state index contributed by atoms with van der Waals surface area (Å²) in [5.41, 5.74) is 6.51. The molecule has 2 unspecified atom stereocenters. The van der Waals surface area contributed by atoms with Gasteiger partial charge in [-0.3, -0.25) is 9.59 Å². The Morgan fingerprint density at radius 3 is 2.96 bits per heavy atom. The number of nitrogens with two attached hydrogens (primary N) is 1. The van der Waals surface area contributed by atoms with Crippen molar-refractivity contribution in [3.8, 4) is 5.75 Å². The van der Waals surface area contributed by atoms with Crippen molar-refractivity contribution in [2.45, 2.75) is 38.1 Å². The third-order valence-corrected chi connectivity index (χ3v) is 5.04. The van der Waals surface area contributed by atoms with E-state index in [1.807, 2.05) is 29.2 Å². The minimum absolute atomic E-state index is 0.0459. The van der Waals surface area contributed by atoms with Gasteiger partial charge in [0.05, 0.1) is 5.92 Å². The number of likely N-dealkylation sites (tertiary alicyclic amines) is 1. The van der Waals surface area contributed by atoms with Crippen LogP contribution in [0.5, 0.6) is 5.75 Å². The molecule has 0 saturated carbocycles. The van der Waals surface area contributed by atoms with E-state index in [0.29, 0.717) is 26.1 Å². The smallest absolute Gasteiger partial charge is 0.229 e. The Labute approximate surface area is 148 Å². The molecule has 2 heterocycles. The van der Waals surface area contributed by atoms with E-state index >= 15 is 0 Å². The molecule has 6 nitrogen and oxygen atoms in total. The molecule has 3 N–H and O–H groups in total. The summed E-state index contributed by atoms with van der Waals surface area (Å²) in [6.07, 6.45) is 4.08. The molecule has 2 aliphatic rings. The number of nitrogens with zero attached hydrogens (tertiary/aromatic N) is 1. The zero-order chi connectivity index (χ0) is 17.6. The third-order valence-electron chi connectivity index (χ3n) is 5.04. The van der Waals surface area contributed by atoms with Gasteiger partial charge in [-0.1, -0.05) is 18.2 Å². The fourth-order valence-corrected chi connectivity index (χ4v) is 3.68. The van der Waals surface area contributed by atoms with E-state index in [9.17, 15) is 9.59 Å². The summed E-state index contributed by atoms with van der Waals surface area (Å²) in [5, 5.41) is 2.91. The molecular weight excluding hydrogens is 318 g/mol. The quantitative estimate of drug-likeness (QED) is 0.836. The zero-order valence-electron chi connectivity index (χ0n) is 14.6. The van der Waals surface area contributed by atoms with Crippen LogP contribution in [-0.4, -0.2) is 49.0 Å². The SMILES string of the molecule is NCCC(=O)NCC1CCCCN1C(=O)C1COc2ccccc2C1. The maximum atomic E-state index is 13.1. The molecule has 1 aromatic carbocycles. The van der Waals surface area contributed by atoms with Gasteiger partial charge < -0.3 is 20.7 Å². The fraction of sp³-hybridized carbons (Fsp3) is 0.579. The molecule has 6 heteroatoms. The van der Waals surface area contributed by atoms with E-state index in [0.717, 1.165) is 43.5 Å². The highest BCUT2D eigenvalue weighted by atomic mass is 16.5. The molecule has 2 aliphatic heterocycles. The number of benzene rings is 1. The van der Waals surface area contributed by atoms with Crippen LogP contribution in [0.2, 0.25) is 0 Å². The van der Waals surface area contributed by atoms with Gasteiger partial charge in [0.1, 0.15) is 12.4 Å². The van der Waals surface area contributed by atoms with Gasteiger partial charge in [0.15, 0.2) is 0 Å². The van der Waals surface area contributed by atoms with Crippen molar-refractivity contribution in [1.82, 2.24) is 10.2 Å². The lowest BCUT2D eigenvalue weighted by atomic mass is 9.93. The van der Waals surface area contributed by atoms with Crippen LogP contribution in [0.4, 0.5) is 0 Å². The minimum atomic E-state index is -0.143. The van der Waals surface area contributed by atoms with Crippen LogP contribution in [0, 0.1) is 5.92 Å². The van der Waals surface area contributed by atoms with Crippen LogP contribution in [0.3, 0.4) is 0 Å². The standard InChI is InChI=1S/C19H27N3O3/c20-9-8-18(23)21-12-16-6-3-4-10-22(16)19(24)15-11-14-5-1-2-7-17(14)25-13-15/h1-2,5,7,15-16H,3-4,6,8-13,20H2,(H,21,23). The normalized spacial score (nSPS) is 22.7. The first kappa shape index (κ1) is 17.7. The largest absolute Gasteiger partial charge is 0.492 e. The number of hydrogen-bond donors (Lipinski definition) is 2. The number of para-hydroxylation sites is 1. The lowest BCUT2D eigenvalue weighted by molar-refractivity contribution is -0.141. The molecule has 1 saturated heterocycles. The topological polar surface area (TPSA) is 84.7 Å². The summed E-state index contributed by atoms with van der Waals surface area (Å²) < 4.78 is 5.78. The van der Waals surface area contributed by atoms with Gasteiger partial charge in [0, 0.05) is 32.1 Å². The van der Waals surface area contributed by atoms with Gasteiger partial charge in [0.25, 0.3) is 0 Å². The monoisotopic (exact) mass is 345 g/mol. The fourth-order valence-electron chi connectivity index (χ4n) is 3.68. The Bertz CT molecular complexity index is 620. The average Bonchev–Trinajstić information content (AvgIpc) is 2.66. The second-order valence-corrected chi connectivity index (χ2v) is 6.84. The highest BCUT2D eigenvalue weighted by molar-refractivity contribution is 5.80. The molecule has 1 aromatic rings. The average molecular weight is 345 g/mol. The maximum Gasteiger partial charge on any atom is 0.229 e. The molecule has 3 rings (SSSR count). The van der Waals surface area contributed by atoms with Crippen molar-refractivity contribution in [2.24, 2.45) is 11.7 Å². The Morgan fingerprint density at radius 1 is 1.28 bits per heavy atom. The summed E-state index contributed by atoms with van der Waals surface area (Å²) in [5.74, 6) is 0.841. The van der Waals surface area contributed by atoms with Crippen LogP contribution in [-0.2, 0) is 16.0 Å². The number of rotatable bonds is 5. The Kier molecular flexibility index (Phi) is 5.91. The molecule has 2 amide bonds. The summed E-state index contributed by atoms with van der Waals surface area (Å²) in [7, 11) is 0. The van der Waals surface area contributed by atoms with Crippen LogP contribution in [0.15, 0.2) is 24.3 Å². The number of carbonyl (C=O) groups is 2. The van der Waals surface area contributed by atoms with Crippen molar-refractivity contribution in [3.05, 3.63) is 29.8 Å². The van der Waals surface area contributed by atoms with E-state index in [-0.39, 0.29) is 23.8 Å². The van der Waals surface area contributed by atoms with Crippen molar-refractivity contribution >= 4 is 11.8 Å². The maximum absolute atomic E-state index is 13.1. The summed E-state index contributed by atoms with van der Waals surface area (Å²) in [4.78, 5) is 26.7. The van der Waals surface area contributed by atoms with Crippen molar-refractivity contribution in [2.75, 3.05) is 26.2 Å². The molecule has 2 atom stereocenters. The highest BCUT2D eigenvalue weighted by Crippen LogP contribution is 2.29. The molecular formula is C19H27N3O3. The van der Waals surface area contributed by atoms with Crippen molar-refractivity contribution < 1.29 is 14.3 Å². The van der Waals surface area contributed by atoms with Crippen LogP contribution >= 0.6 is 0 Å². The van der Waals surface area contributed by atoms with Crippen LogP contribution in [0.1, 0.15) is 31.2 Å². The van der Waals surface area contributed by atoms with Gasteiger partial charge in [-0.2, -0.15) is 0 Å². The van der Waals surface area contributed by atoms with Gasteiger partial charge in [0.2, 0.25) is 11.8 Å². The summed E-state index contributed by atoms with van der Waals surface area (Å²) in [6.45, 7) is 2.04. The zero-order valence-corrected chi connectivity index (χ0v) is 14.6. The lowest BCUT2D eigenvalue weighted by Gasteiger charge is -2.38. The number of nitrogens with one attached hydrogen (secondary N) is 1. The molecule has 0 spiro atoms. The third kappa shape index (κ3) is 4.31. The van der Waals surface area contributed by atoms with E-state index in [4.69, 9.17) is 10.5 Å². The summed E-state index contributed by atoms with van der Waals surface area (Å²) >= 11 is 0. The summed E-state index contributed by atoms with van der Waals surface area (Å²) in [6, 6.07) is 7.97. The molecule has 0 aliphatic carbocycles. The van der Waals surface area contributed by atoms with Crippen LogP contribution in [0.25, 0.3) is 0 Å². The number of hydrogen-bond acceptors (Lipinski definition) is 4. The predicted octanol–water partition coefficient (Wildman–Crippen LogP) is 1.08. The Balaban J connectivity index is 1.62. The first-order valence-electron chi connectivity index (χ1n) is 9.17. The molecule has 25 heavy (non-hydrogen) atoms.